The number of benzene rings is 6. The fourth-order valence-electron chi connectivity index (χ4n) is 5.72. The summed E-state index contributed by atoms with van der Waals surface area (Å²) in [6, 6.07) is 59.2. The van der Waals surface area contributed by atoms with Crippen molar-refractivity contribution in [1.82, 2.24) is 0 Å². The summed E-state index contributed by atoms with van der Waals surface area (Å²) in [5.74, 6) is 0. The van der Waals surface area contributed by atoms with Crippen molar-refractivity contribution in [2.75, 3.05) is 0 Å². The van der Waals surface area contributed by atoms with Gasteiger partial charge < -0.3 is 0 Å². The first-order chi connectivity index (χ1) is 22.5. The van der Waals surface area contributed by atoms with Crippen LogP contribution in [0.1, 0.15) is 54.2 Å². The van der Waals surface area contributed by atoms with Gasteiger partial charge in [-0.05, 0) is 94.7 Å². The van der Waals surface area contributed by atoms with Crippen LogP contribution in [0.3, 0.4) is 0 Å². The topological polar surface area (TPSA) is 0 Å². The molecule has 0 spiro atoms. The molecular weight excluding hydrogens is 571 g/mol. The van der Waals surface area contributed by atoms with Crippen LogP contribution in [0.4, 0.5) is 0 Å². The second-order valence-electron chi connectivity index (χ2n) is 11.7. The summed E-state index contributed by atoms with van der Waals surface area (Å²) < 4.78 is 0. The molecule has 0 bridgehead atoms. The van der Waals surface area contributed by atoms with Gasteiger partial charge in [-0.1, -0.05) is 182 Å². The van der Waals surface area contributed by atoms with Crippen LogP contribution in [0, 0.1) is 0 Å². The average molecular weight is 611 g/mol. The molecule has 6 aromatic rings. The van der Waals surface area contributed by atoms with Crippen molar-refractivity contribution in [2.45, 2.75) is 20.8 Å². The maximum Gasteiger partial charge on any atom is -0.0134 e. The third-order valence-corrected chi connectivity index (χ3v) is 10.7. The first kappa shape index (κ1) is 31.0. The predicted octanol–water partition coefficient (Wildman–Crippen LogP) is 11.1. The molecule has 0 aliphatic heterocycles. The Balaban J connectivity index is 1.33. The van der Waals surface area contributed by atoms with E-state index in [0.29, 0.717) is 0 Å². The zero-order valence-electron chi connectivity index (χ0n) is 26.8. The molecular formula is C45H39P. The molecule has 0 N–H and O–H groups in total. The first-order valence-electron chi connectivity index (χ1n) is 15.8. The van der Waals surface area contributed by atoms with Gasteiger partial charge in [-0.2, -0.15) is 0 Å². The summed E-state index contributed by atoms with van der Waals surface area (Å²) in [4.78, 5) is 0. The van der Waals surface area contributed by atoms with Crippen LogP contribution in [-0.2, 0) is 0 Å². The first-order valence-corrected chi connectivity index (χ1v) is 17.2. The van der Waals surface area contributed by atoms with E-state index in [1.165, 1.54) is 66.0 Å². The fraction of sp³-hybridized carbons (Fsp3) is 0.0667. The lowest BCUT2D eigenvalue weighted by Crippen LogP contribution is -2.20. The van der Waals surface area contributed by atoms with Gasteiger partial charge in [-0.15, -0.1) is 0 Å². The molecule has 0 aliphatic rings. The van der Waals surface area contributed by atoms with E-state index >= 15 is 0 Å². The number of hydrogen-bond donors (Lipinski definition) is 0. The second-order valence-corrected chi connectivity index (χ2v) is 13.9. The molecule has 0 atom stereocenters. The van der Waals surface area contributed by atoms with Crippen LogP contribution in [0.2, 0.25) is 0 Å². The molecule has 0 nitrogen and oxygen atoms in total. The summed E-state index contributed by atoms with van der Waals surface area (Å²) in [5.41, 5.74) is 11.2. The third-order valence-electron chi connectivity index (χ3n) is 8.29. The Morgan fingerprint density at radius 2 is 0.565 bits per heavy atom. The van der Waals surface area contributed by atoms with Gasteiger partial charge in [-0.3, -0.25) is 0 Å². The van der Waals surface area contributed by atoms with E-state index in [4.69, 9.17) is 0 Å². The van der Waals surface area contributed by atoms with Crippen molar-refractivity contribution in [3.05, 3.63) is 197 Å². The van der Waals surface area contributed by atoms with Gasteiger partial charge in [0, 0.05) is 0 Å². The monoisotopic (exact) mass is 610 g/mol. The minimum atomic E-state index is -0.744. The molecule has 0 saturated heterocycles. The number of hydrogen-bond acceptors (Lipinski definition) is 0. The van der Waals surface area contributed by atoms with E-state index in [9.17, 15) is 0 Å². The van der Waals surface area contributed by atoms with Crippen molar-refractivity contribution in [3.8, 4) is 0 Å². The molecule has 0 radical (unpaired) electrons. The molecule has 6 rings (SSSR count). The molecule has 0 aliphatic carbocycles. The zero-order chi connectivity index (χ0) is 31.7. The standard InChI is InChI=1S/C45H39P/c1-34(31-37-13-7-4-8-14-37)40-19-25-43(26-20-40)46(44-27-21-41(22-28-44)35(2)32-38-15-9-5-10-16-38)45-29-23-42(24-30-45)36(3)33-39-17-11-6-12-18-39/h4-33H,1-3H3/b34-31+,35-32+,36-33+. The highest BCUT2D eigenvalue weighted by atomic mass is 31.1. The highest BCUT2D eigenvalue weighted by Gasteiger charge is 2.17. The minimum Gasteiger partial charge on any atom is -0.0622 e. The van der Waals surface area contributed by atoms with Crippen molar-refractivity contribution < 1.29 is 0 Å². The maximum atomic E-state index is 2.33. The van der Waals surface area contributed by atoms with Gasteiger partial charge in [0.1, 0.15) is 0 Å². The highest BCUT2D eigenvalue weighted by molar-refractivity contribution is 7.79. The Hall–Kier alpha value is -5.03. The predicted molar refractivity (Wildman–Crippen MR) is 205 cm³/mol. The lowest BCUT2D eigenvalue weighted by atomic mass is 10.0. The normalized spacial score (nSPS) is 12.4. The molecule has 6 aromatic carbocycles. The third kappa shape index (κ3) is 7.78. The molecule has 0 fully saturated rings. The summed E-state index contributed by atoms with van der Waals surface area (Å²) in [6.07, 6.45) is 6.77. The van der Waals surface area contributed by atoms with Gasteiger partial charge in [0.15, 0.2) is 0 Å². The summed E-state index contributed by atoms with van der Waals surface area (Å²) >= 11 is 0. The van der Waals surface area contributed by atoms with Gasteiger partial charge in [0.2, 0.25) is 0 Å². The average Bonchev–Trinajstić information content (AvgIpc) is 3.10. The molecule has 46 heavy (non-hydrogen) atoms. The maximum absolute atomic E-state index is 2.33. The van der Waals surface area contributed by atoms with Crippen molar-refractivity contribution >= 4 is 58.8 Å². The SMILES string of the molecule is C/C(=C\c1ccccc1)c1ccc(P(c2ccc(/C(C)=C/c3ccccc3)cc2)c2ccc(/C(C)=C/c3ccccc3)cc2)cc1. The van der Waals surface area contributed by atoms with Crippen LogP contribution in [0.25, 0.3) is 34.9 Å². The Labute approximate surface area is 275 Å². The summed E-state index contributed by atoms with van der Waals surface area (Å²) in [7, 11) is -0.744. The van der Waals surface area contributed by atoms with Gasteiger partial charge >= 0.3 is 0 Å². The van der Waals surface area contributed by atoms with E-state index in [1.54, 1.807) is 0 Å². The van der Waals surface area contributed by atoms with Crippen LogP contribution in [-0.4, -0.2) is 0 Å². The summed E-state index contributed by atoms with van der Waals surface area (Å²) in [6.45, 7) is 6.58. The molecule has 0 heterocycles. The van der Waals surface area contributed by atoms with Gasteiger partial charge in [-0.25, -0.2) is 0 Å². The quantitative estimate of drug-likeness (QED) is 0.113. The molecule has 0 saturated carbocycles. The Morgan fingerprint density at radius 3 is 0.804 bits per heavy atom. The van der Waals surface area contributed by atoms with Crippen molar-refractivity contribution in [1.29, 1.82) is 0 Å². The Kier molecular flexibility index (Phi) is 9.99. The molecule has 0 aromatic heterocycles. The van der Waals surface area contributed by atoms with Gasteiger partial charge in [0.05, 0.1) is 0 Å². The largest absolute Gasteiger partial charge is 0.0622 e. The van der Waals surface area contributed by atoms with Crippen LogP contribution >= 0.6 is 7.92 Å². The number of rotatable bonds is 9. The van der Waals surface area contributed by atoms with Crippen LogP contribution < -0.4 is 15.9 Å². The van der Waals surface area contributed by atoms with E-state index in [2.05, 4.69) is 203 Å². The van der Waals surface area contributed by atoms with Crippen molar-refractivity contribution in [3.63, 3.8) is 0 Å². The second kappa shape index (κ2) is 14.8. The van der Waals surface area contributed by atoms with Gasteiger partial charge in [0.25, 0.3) is 0 Å². The molecule has 0 amide bonds. The van der Waals surface area contributed by atoms with E-state index < -0.39 is 7.92 Å². The van der Waals surface area contributed by atoms with Crippen molar-refractivity contribution in [2.24, 2.45) is 0 Å². The number of allylic oxidation sites excluding steroid dienone is 3. The van der Waals surface area contributed by atoms with Crippen LogP contribution in [0.15, 0.2) is 164 Å². The molecule has 1 heteroatoms. The van der Waals surface area contributed by atoms with E-state index in [1.807, 2.05) is 0 Å². The van der Waals surface area contributed by atoms with E-state index in [0.717, 1.165) is 0 Å². The van der Waals surface area contributed by atoms with Crippen LogP contribution in [0.5, 0.6) is 0 Å². The fourth-order valence-corrected chi connectivity index (χ4v) is 7.95. The summed E-state index contributed by atoms with van der Waals surface area (Å²) in [5, 5.41) is 4.04. The zero-order valence-corrected chi connectivity index (χ0v) is 27.7. The Morgan fingerprint density at radius 1 is 0.326 bits per heavy atom. The highest BCUT2D eigenvalue weighted by Crippen LogP contribution is 2.35. The lowest BCUT2D eigenvalue weighted by molar-refractivity contribution is 1.58. The molecule has 224 valence electrons. The smallest absolute Gasteiger partial charge is 0.0134 e. The molecule has 0 unspecified atom stereocenters. The Bertz CT molecular complexity index is 1710. The van der Waals surface area contributed by atoms with E-state index in [-0.39, 0.29) is 0 Å². The lowest BCUT2D eigenvalue weighted by Gasteiger charge is -2.21. The minimum absolute atomic E-state index is 0.744.